The maximum Gasteiger partial charge on any atom is 0.255 e. The number of carbonyl (C=O) groups is 1. The number of carbonyl (C=O) groups excluding carboxylic acids is 1. The van der Waals surface area contributed by atoms with Crippen molar-refractivity contribution in [2.45, 2.75) is 6.92 Å². The molecule has 0 aliphatic rings. The minimum atomic E-state index is -0.241. The quantitative estimate of drug-likeness (QED) is 0.836. The summed E-state index contributed by atoms with van der Waals surface area (Å²) in [6.45, 7) is 2.07. The van der Waals surface area contributed by atoms with Crippen molar-refractivity contribution >= 4 is 11.4 Å². The molecular formula is C11H11N5O. The molecule has 1 amide bonds. The zero-order chi connectivity index (χ0) is 12.3. The predicted molar refractivity (Wildman–Crippen MR) is 60.1 cm³/mol. The van der Waals surface area contributed by atoms with Crippen LogP contribution in [-0.2, 0) is 0 Å². The van der Waals surface area contributed by atoms with E-state index in [4.69, 9.17) is 5.26 Å². The zero-order valence-corrected chi connectivity index (χ0v) is 9.29. The molecule has 1 N–H and O–H groups in total. The van der Waals surface area contributed by atoms with Gasteiger partial charge in [0.05, 0.1) is 35.5 Å². The molecule has 0 aliphatic carbocycles. The molecule has 0 saturated heterocycles. The molecule has 6 heteroatoms. The predicted octanol–water partition coefficient (Wildman–Crippen LogP) is 0.619. The summed E-state index contributed by atoms with van der Waals surface area (Å²) < 4.78 is 1.58. The first-order valence-corrected chi connectivity index (χ1v) is 5.17. The average Bonchev–Trinajstić information content (AvgIpc) is 2.79. The maximum atomic E-state index is 11.8. The van der Waals surface area contributed by atoms with Gasteiger partial charge in [0.2, 0.25) is 0 Å². The molecular weight excluding hydrogens is 218 g/mol. The minimum Gasteiger partial charge on any atom is -0.351 e. The van der Waals surface area contributed by atoms with Crippen LogP contribution < -0.4 is 5.32 Å². The van der Waals surface area contributed by atoms with Gasteiger partial charge in [-0.1, -0.05) is 0 Å². The Morgan fingerprint density at radius 1 is 1.65 bits per heavy atom. The lowest BCUT2D eigenvalue weighted by atomic mass is 10.2. The van der Waals surface area contributed by atoms with E-state index in [1.165, 1.54) is 6.20 Å². The van der Waals surface area contributed by atoms with Gasteiger partial charge in [0.15, 0.2) is 0 Å². The van der Waals surface area contributed by atoms with Gasteiger partial charge in [0, 0.05) is 18.9 Å². The van der Waals surface area contributed by atoms with Crippen LogP contribution in [0.4, 0.5) is 0 Å². The summed E-state index contributed by atoms with van der Waals surface area (Å²) in [6, 6.07) is 2.05. The molecule has 0 aromatic carbocycles. The molecule has 2 aromatic heterocycles. The molecule has 0 spiro atoms. The monoisotopic (exact) mass is 229 g/mol. The molecule has 0 fully saturated rings. The summed E-state index contributed by atoms with van der Waals surface area (Å²) in [4.78, 5) is 15.8. The van der Waals surface area contributed by atoms with Crippen molar-refractivity contribution in [3.05, 3.63) is 30.4 Å². The molecule has 17 heavy (non-hydrogen) atoms. The van der Waals surface area contributed by atoms with Crippen LogP contribution in [0, 0.1) is 17.2 Å². The average molecular weight is 229 g/mol. The lowest BCUT2D eigenvalue weighted by Crippen LogP contribution is -2.27. The van der Waals surface area contributed by atoms with Crippen LogP contribution in [0.1, 0.15) is 17.3 Å². The van der Waals surface area contributed by atoms with Crippen LogP contribution in [-0.4, -0.2) is 27.0 Å². The van der Waals surface area contributed by atoms with Crippen molar-refractivity contribution in [2.24, 2.45) is 5.92 Å². The third-order valence-electron chi connectivity index (χ3n) is 2.36. The van der Waals surface area contributed by atoms with E-state index < -0.39 is 0 Å². The van der Waals surface area contributed by atoms with Gasteiger partial charge in [-0.2, -0.15) is 10.4 Å². The van der Waals surface area contributed by atoms with Crippen LogP contribution in [0.25, 0.3) is 5.52 Å². The number of hydrogen-bond acceptors (Lipinski definition) is 4. The molecule has 0 radical (unpaired) electrons. The summed E-state index contributed by atoms with van der Waals surface area (Å²) in [5.74, 6) is -0.450. The van der Waals surface area contributed by atoms with Gasteiger partial charge < -0.3 is 5.32 Å². The van der Waals surface area contributed by atoms with Crippen molar-refractivity contribution in [3.63, 3.8) is 0 Å². The third kappa shape index (κ3) is 2.23. The van der Waals surface area contributed by atoms with Crippen molar-refractivity contribution in [1.82, 2.24) is 19.9 Å². The van der Waals surface area contributed by atoms with Crippen LogP contribution in [0.3, 0.4) is 0 Å². The second-order valence-electron chi connectivity index (χ2n) is 3.70. The molecule has 1 unspecified atom stereocenters. The first-order valence-electron chi connectivity index (χ1n) is 5.17. The van der Waals surface area contributed by atoms with Gasteiger partial charge in [0.1, 0.15) is 0 Å². The Hall–Kier alpha value is -2.42. The van der Waals surface area contributed by atoms with Crippen molar-refractivity contribution in [1.29, 1.82) is 5.26 Å². The first-order chi connectivity index (χ1) is 8.22. The molecule has 1 atom stereocenters. The van der Waals surface area contributed by atoms with Crippen molar-refractivity contribution < 1.29 is 4.79 Å². The Labute approximate surface area is 97.9 Å². The molecule has 2 aromatic rings. The SMILES string of the molecule is CC(C#N)CNC(=O)c1cnn2ccncc12. The Balaban J connectivity index is 2.17. The lowest BCUT2D eigenvalue weighted by molar-refractivity contribution is 0.0952. The van der Waals surface area contributed by atoms with Crippen molar-refractivity contribution in [3.8, 4) is 6.07 Å². The second kappa shape index (κ2) is 4.61. The van der Waals surface area contributed by atoms with Gasteiger partial charge in [-0.3, -0.25) is 9.78 Å². The first kappa shape index (κ1) is 11.1. The molecule has 0 aliphatic heterocycles. The van der Waals surface area contributed by atoms with E-state index in [9.17, 15) is 4.79 Å². The van der Waals surface area contributed by atoms with Crippen LogP contribution in [0.15, 0.2) is 24.8 Å². The van der Waals surface area contributed by atoms with Gasteiger partial charge in [-0.05, 0) is 6.92 Å². The third-order valence-corrected chi connectivity index (χ3v) is 2.36. The van der Waals surface area contributed by atoms with Gasteiger partial charge in [-0.25, -0.2) is 4.52 Å². The second-order valence-corrected chi connectivity index (χ2v) is 3.70. The number of nitrogens with zero attached hydrogens (tertiary/aromatic N) is 4. The van der Waals surface area contributed by atoms with Gasteiger partial charge in [-0.15, -0.1) is 0 Å². The molecule has 6 nitrogen and oxygen atoms in total. The van der Waals surface area contributed by atoms with E-state index in [2.05, 4.69) is 21.5 Å². The highest BCUT2D eigenvalue weighted by Crippen LogP contribution is 2.08. The fraction of sp³-hybridized carbons (Fsp3) is 0.273. The van der Waals surface area contributed by atoms with E-state index in [0.717, 1.165) is 0 Å². The molecule has 2 rings (SSSR count). The van der Waals surface area contributed by atoms with E-state index in [1.54, 1.807) is 30.0 Å². The summed E-state index contributed by atoms with van der Waals surface area (Å²) in [6.07, 6.45) is 6.34. The Morgan fingerprint density at radius 2 is 2.47 bits per heavy atom. The number of rotatable bonds is 3. The Kier molecular flexibility index (Phi) is 3.01. The van der Waals surface area contributed by atoms with E-state index in [1.807, 2.05) is 0 Å². The normalized spacial score (nSPS) is 12.0. The zero-order valence-electron chi connectivity index (χ0n) is 9.29. The largest absolute Gasteiger partial charge is 0.351 e. The van der Waals surface area contributed by atoms with E-state index in [-0.39, 0.29) is 11.8 Å². The summed E-state index contributed by atoms with van der Waals surface area (Å²) in [5, 5.41) is 15.3. The standard InChI is InChI=1S/C11H11N5O/c1-8(4-12)5-14-11(17)9-6-15-16-3-2-13-7-10(9)16/h2-3,6-8H,5H2,1H3,(H,14,17). The maximum absolute atomic E-state index is 11.8. The van der Waals surface area contributed by atoms with Gasteiger partial charge in [0.25, 0.3) is 5.91 Å². The highest BCUT2D eigenvalue weighted by Gasteiger charge is 2.12. The van der Waals surface area contributed by atoms with Crippen LogP contribution in [0.2, 0.25) is 0 Å². The van der Waals surface area contributed by atoms with E-state index >= 15 is 0 Å². The van der Waals surface area contributed by atoms with Crippen LogP contribution in [0.5, 0.6) is 0 Å². The fourth-order valence-electron chi connectivity index (χ4n) is 1.40. The number of nitrogens with one attached hydrogen (secondary N) is 1. The summed E-state index contributed by atoms with van der Waals surface area (Å²) in [7, 11) is 0. The highest BCUT2D eigenvalue weighted by atomic mass is 16.1. The van der Waals surface area contributed by atoms with Crippen LogP contribution >= 0.6 is 0 Å². The summed E-state index contributed by atoms with van der Waals surface area (Å²) >= 11 is 0. The molecule has 86 valence electrons. The van der Waals surface area contributed by atoms with Gasteiger partial charge >= 0.3 is 0 Å². The topological polar surface area (TPSA) is 83.1 Å². The van der Waals surface area contributed by atoms with Crippen molar-refractivity contribution in [2.75, 3.05) is 6.54 Å². The van der Waals surface area contributed by atoms with E-state index in [0.29, 0.717) is 17.6 Å². The molecule has 0 bridgehead atoms. The Morgan fingerprint density at radius 3 is 3.24 bits per heavy atom. The number of amides is 1. The highest BCUT2D eigenvalue weighted by molar-refractivity contribution is 6.00. The number of hydrogen-bond donors (Lipinski definition) is 1. The molecule has 2 heterocycles. The molecule has 0 saturated carbocycles. The smallest absolute Gasteiger partial charge is 0.255 e. The fourth-order valence-corrected chi connectivity index (χ4v) is 1.40. The minimum absolute atomic E-state index is 0.209. The number of fused-ring (bicyclic) bond motifs is 1. The summed E-state index contributed by atoms with van der Waals surface area (Å²) in [5.41, 5.74) is 1.11. The number of aromatic nitrogens is 3. The number of nitriles is 1. The Bertz CT molecular complexity index is 583. The lowest BCUT2D eigenvalue weighted by Gasteiger charge is -2.04.